The molecule has 114 valence electrons. The van der Waals surface area contributed by atoms with E-state index in [2.05, 4.69) is 10.3 Å². The minimum absolute atomic E-state index is 0.0149. The fraction of sp³-hybridized carbons (Fsp3) is 0. The Morgan fingerprint density at radius 3 is 2.61 bits per heavy atom. The molecule has 0 saturated heterocycles. The lowest BCUT2D eigenvalue weighted by atomic mass is 10.2. The van der Waals surface area contributed by atoms with Crippen LogP contribution in [0.2, 0.25) is 0 Å². The number of anilines is 1. The fourth-order valence-electron chi connectivity index (χ4n) is 1.95. The Morgan fingerprint density at radius 1 is 1.17 bits per heavy atom. The van der Waals surface area contributed by atoms with Crippen LogP contribution in [0.25, 0.3) is 16.3 Å². The SMILES string of the molecule is O=C(/C=C/c1ccc([N+](=O)[O-])cc1)Nc1nc2ccccc2s1. The summed E-state index contributed by atoms with van der Waals surface area (Å²) < 4.78 is 1.00. The number of para-hydroxylation sites is 1. The summed E-state index contributed by atoms with van der Waals surface area (Å²) in [7, 11) is 0. The van der Waals surface area contributed by atoms with Crippen molar-refractivity contribution in [1.29, 1.82) is 0 Å². The zero-order valence-corrected chi connectivity index (χ0v) is 12.6. The van der Waals surface area contributed by atoms with Gasteiger partial charge in [-0.25, -0.2) is 4.98 Å². The van der Waals surface area contributed by atoms with Crippen LogP contribution in [0, 0.1) is 10.1 Å². The number of thiazole rings is 1. The highest BCUT2D eigenvalue weighted by molar-refractivity contribution is 7.22. The number of carbonyl (C=O) groups excluding carboxylic acids is 1. The third-order valence-electron chi connectivity index (χ3n) is 3.06. The molecule has 2 aromatic carbocycles. The maximum Gasteiger partial charge on any atom is 0.269 e. The van der Waals surface area contributed by atoms with Gasteiger partial charge in [-0.15, -0.1) is 0 Å². The van der Waals surface area contributed by atoms with Crippen molar-refractivity contribution < 1.29 is 9.72 Å². The Labute approximate surface area is 135 Å². The van der Waals surface area contributed by atoms with Crippen molar-refractivity contribution in [2.45, 2.75) is 0 Å². The molecule has 0 bridgehead atoms. The Bertz CT molecular complexity index is 867. The maximum absolute atomic E-state index is 11.9. The Hall–Kier alpha value is -3.06. The van der Waals surface area contributed by atoms with Gasteiger partial charge < -0.3 is 0 Å². The smallest absolute Gasteiger partial charge is 0.269 e. The summed E-state index contributed by atoms with van der Waals surface area (Å²) in [5.74, 6) is -0.303. The number of benzene rings is 2. The lowest BCUT2D eigenvalue weighted by Gasteiger charge is -1.96. The van der Waals surface area contributed by atoms with Crippen LogP contribution in [0.3, 0.4) is 0 Å². The van der Waals surface area contributed by atoms with Crippen LogP contribution in [0.5, 0.6) is 0 Å². The second-order valence-electron chi connectivity index (χ2n) is 4.66. The van der Waals surface area contributed by atoms with E-state index < -0.39 is 4.92 Å². The number of rotatable bonds is 4. The first-order chi connectivity index (χ1) is 11.1. The number of fused-ring (bicyclic) bond motifs is 1. The first-order valence-corrected chi connectivity index (χ1v) is 7.52. The largest absolute Gasteiger partial charge is 0.298 e. The summed E-state index contributed by atoms with van der Waals surface area (Å²) in [5, 5.41) is 13.8. The Kier molecular flexibility index (Phi) is 4.11. The summed E-state index contributed by atoms with van der Waals surface area (Å²) in [4.78, 5) is 26.3. The Morgan fingerprint density at radius 2 is 1.91 bits per heavy atom. The monoisotopic (exact) mass is 325 g/mol. The summed E-state index contributed by atoms with van der Waals surface area (Å²) >= 11 is 1.40. The number of carbonyl (C=O) groups is 1. The third-order valence-corrected chi connectivity index (χ3v) is 4.01. The second-order valence-corrected chi connectivity index (χ2v) is 5.69. The van der Waals surface area contributed by atoms with Crippen LogP contribution in [0.4, 0.5) is 10.8 Å². The molecule has 0 atom stereocenters. The zero-order chi connectivity index (χ0) is 16.2. The van der Waals surface area contributed by atoms with E-state index in [0.29, 0.717) is 10.7 Å². The summed E-state index contributed by atoms with van der Waals surface area (Å²) in [6, 6.07) is 13.6. The third kappa shape index (κ3) is 3.58. The van der Waals surface area contributed by atoms with Crippen LogP contribution >= 0.6 is 11.3 Å². The number of nitrogens with zero attached hydrogens (tertiary/aromatic N) is 2. The number of amides is 1. The van der Waals surface area contributed by atoms with Gasteiger partial charge in [0.05, 0.1) is 15.1 Å². The molecule has 0 aliphatic rings. The summed E-state index contributed by atoms with van der Waals surface area (Å²) in [6.45, 7) is 0. The highest BCUT2D eigenvalue weighted by Crippen LogP contribution is 2.25. The van der Waals surface area contributed by atoms with E-state index >= 15 is 0 Å². The van der Waals surface area contributed by atoms with Crippen molar-refractivity contribution >= 4 is 44.4 Å². The molecule has 1 amide bonds. The van der Waals surface area contributed by atoms with Crippen LogP contribution < -0.4 is 5.32 Å². The molecule has 0 radical (unpaired) electrons. The predicted molar refractivity (Wildman–Crippen MR) is 90.4 cm³/mol. The number of nitrogens with one attached hydrogen (secondary N) is 1. The van der Waals surface area contributed by atoms with Crippen LogP contribution in [-0.4, -0.2) is 15.8 Å². The molecular weight excluding hydrogens is 314 g/mol. The van der Waals surface area contributed by atoms with Gasteiger partial charge in [-0.1, -0.05) is 23.5 Å². The van der Waals surface area contributed by atoms with Gasteiger partial charge in [0.1, 0.15) is 0 Å². The number of nitro groups is 1. The van der Waals surface area contributed by atoms with Crippen molar-refractivity contribution in [3.8, 4) is 0 Å². The lowest BCUT2D eigenvalue weighted by molar-refractivity contribution is -0.384. The molecule has 0 fully saturated rings. The molecule has 6 nitrogen and oxygen atoms in total. The van der Waals surface area contributed by atoms with E-state index in [-0.39, 0.29) is 11.6 Å². The molecule has 0 unspecified atom stereocenters. The number of non-ortho nitro benzene ring substituents is 1. The minimum atomic E-state index is -0.465. The molecule has 0 saturated carbocycles. The van der Waals surface area contributed by atoms with E-state index in [1.807, 2.05) is 24.3 Å². The van der Waals surface area contributed by atoms with Crippen molar-refractivity contribution in [1.82, 2.24) is 4.98 Å². The minimum Gasteiger partial charge on any atom is -0.298 e. The van der Waals surface area contributed by atoms with Gasteiger partial charge in [-0.05, 0) is 35.9 Å². The molecule has 7 heteroatoms. The molecule has 3 aromatic rings. The molecular formula is C16H11N3O3S. The Balaban J connectivity index is 1.67. The molecule has 3 rings (SSSR count). The van der Waals surface area contributed by atoms with Gasteiger partial charge in [0.15, 0.2) is 5.13 Å². The van der Waals surface area contributed by atoms with Gasteiger partial charge in [0.25, 0.3) is 5.69 Å². The zero-order valence-electron chi connectivity index (χ0n) is 11.8. The topological polar surface area (TPSA) is 85.1 Å². The molecule has 23 heavy (non-hydrogen) atoms. The number of hydrogen-bond acceptors (Lipinski definition) is 5. The van der Waals surface area contributed by atoms with E-state index in [0.717, 1.165) is 10.2 Å². The molecule has 0 aliphatic carbocycles. The molecule has 0 aliphatic heterocycles. The van der Waals surface area contributed by atoms with Crippen LogP contribution in [0.15, 0.2) is 54.6 Å². The fourth-order valence-corrected chi connectivity index (χ4v) is 2.82. The number of hydrogen-bond donors (Lipinski definition) is 1. The van der Waals surface area contributed by atoms with E-state index in [4.69, 9.17) is 0 Å². The first kappa shape index (κ1) is 14.9. The quantitative estimate of drug-likeness (QED) is 0.448. The van der Waals surface area contributed by atoms with Gasteiger partial charge >= 0.3 is 0 Å². The van der Waals surface area contributed by atoms with Gasteiger partial charge in [-0.3, -0.25) is 20.2 Å². The van der Waals surface area contributed by atoms with Crippen LogP contribution in [-0.2, 0) is 4.79 Å². The highest BCUT2D eigenvalue weighted by atomic mass is 32.1. The van der Waals surface area contributed by atoms with Crippen molar-refractivity contribution in [2.24, 2.45) is 0 Å². The predicted octanol–water partition coefficient (Wildman–Crippen LogP) is 3.86. The molecule has 1 heterocycles. The molecule has 1 N–H and O–H groups in total. The van der Waals surface area contributed by atoms with Crippen molar-refractivity contribution in [3.63, 3.8) is 0 Å². The summed E-state index contributed by atoms with van der Waals surface area (Å²) in [6.07, 6.45) is 2.96. The van der Waals surface area contributed by atoms with E-state index in [9.17, 15) is 14.9 Å². The molecule has 1 aromatic heterocycles. The summed E-state index contributed by atoms with van der Waals surface area (Å²) in [5.41, 5.74) is 1.56. The highest BCUT2D eigenvalue weighted by Gasteiger charge is 2.05. The lowest BCUT2D eigenvalue weighted by Crippen LogP contribution is -2.07. The van der Waals surface area contributed by atoms with Gasteiger partial charge in [0.2, 0.25) is 5.91 Å². The van der Waals surface area contributed by atoms with Gasteiger partial charge in [0, 0.05) is 18.2 Å². The van der Waals surface area contributed by atoms with E-state index in [1.54, 1.807) is 18.2 Å². The van der Waals surface area contributed by atoms with E-state index in [1.165, 1.54) is 29.5 Å². The van der Waals surface area contributed by atoms with Gasteiger partial charge in [-0.2, -0.15) is 0 Å². The average molecular weight is 325 g/mol. The van der Waals surface area contributed by atoms with Crippen LogP contribution in [0.1, 0.15) is 5.56 Å². The number of aromatic nitrogens is 1. The first-order valence-electron chi connectivity index (χ1n) is 6.71. The molecule has 0 spiro atoms. The number of nitro benzene ring substituents is 1. The second kappa shape index (κ2) is 6.37. The normalized spacial score (nSPS) is 11.0. The average Bonchev–Trinajstić information content (AvgIpc) is 2.95. The van der Waals surface area contributed by atoms with Crippen molar-refractivity contribution in [2.75, 3.05) is 5.32 Å². The van der Waals surface area contributed by atoms with Crippen molar-refractivity contribution in [3.05, 3.63) is 70.3 Å². The standard InChI is InChI=1S/C16H11N3O3S/c20-15(10-7-11-5-8-12(9-6-11)19(21)22)18-16-17-13-3-1-2-4-14(13)23-16/h1-10H,(H,17,18,20)/b10-7+. The maximum atomic E-state index is 11.9.